The number of nitrogens with two attached hydrogens (primary N) is 2. The Bertz CT molecular complexity index is 1450. The first-order chi connectivity index (χ1) is 27.0. The molecule has 2 heteroatoms. The zero-order valence-electron chi connectivity index (χ0n) is 35.3. The smallest absolute Gasteiger partial charge is 0.0316 e. The average molecular weight is 743 g/mol. The van der Waals surface area contributed by atoms with Gasteiger partial charge in [-0.3, -0.25) is 0 Å². The Kier molecular flexibility index (Phi) is 21.8. The van der Waals surface area contributed by atoms with Crippen LogP contribution in [-0.2, 0) is 38.5 Å². The van der Waals surface area contributed by atoms with Gasteiger partial charge in [0.25, 0.3) is 0 Å². The van der Waals surface area contributed by atoms with Gasteiger partial charge >= 0.3 is 0 Å². The van der Waals surface area contributed by atoms with Crippen LogP contribution < -0.4 is 11.5 Å². The summed E-state index contributed by atoms with van der Waals surface area (Å²) in [6.07, 6.45) is 35.0. The number of nitrogen functional groups attached to an aromatic ring is 2. The SMILES string of the molecule is CCCCCCCc1cc(N)ccc1Cc1ccc(CCCCCCCCCCCCCc2ccc(Cc3ccc(N)cc3CCCCCCC)cc2)cc1. The van der Waals surface area contributed by atoms with Gasteiger partial charge in [0.2, 0.25) is 0 Å². The third kappa shape index (κ3) is 18.3. The number of unbranched alkanes of at least 4 members (excludes halogenated alkanes) is 18. The molecule has 55 heavy (non-hydrogen) atoms. The van der Waals surface area contributed by atoms with Crippen molar-refractivity contribution in [1.82, 2.24) is 0 Å². The molecular formula is C53H78N2. The van der Waals surface area contributed by atoms with E-state index in [1.54, 1.807) is 0 Å². The monoisotopic (exact) mass is 743 g/mol. The van der Waals surface area contributed by atoms with Crippen LogP contribution in [0.1, 0.15) is 193 Å². The number of benzene rings is 4. The second-order valence-electron chi connectivity index (χ2n) is 16.8. The van der Waals surface area contributed by atoms with Gasteiger partial charge in [0, 0.05) is 11.4 Å². The summed E-state index contributed by atoms with van der Waals surface area (Å²) in [5, 5.41) is 0. The molecule has 0 aliphatic carbocycles. The Labute approximate surface area is 338 Å². The molecule has 4 N–H and O–H groups in total. The molecule has 0 unspecified atom stereocenters. The van der Waals surface area contributed by atoms with Gasteiger partial charge in [0.1, 0.15) is 0 Å². The number of aryl methyl sites for hydroxylation is 4. The Hall–Kier alpha value is -3.52. The molecule has 300 valence electrons. The maximum atomic E-state index is 6.16. The first kappa shape index (κ1) is 44.2. The lowest BCUT2D eigenvalue weighted by atomic mass is 9.94. The van der Waals surface area contributed by atoms with E-state index in [0.29, 0.717) is 0 Å². The molecule has 0 amide bonds. The zero-order valence-corrected chi connectivity index (χ0v) is 35.3. The zero-order chi connectivity index (χ0) is 38.8. The minimum absolute atomic E-state index is 0.894. The summed E-state index contributed by atoms with van der Waals surface area (Å²) in [5.41, 5.74) is 25.7. The van der Waals surface area contributed by atoms with Crippen LogP contribution >= 0.6 is 0 Å². The topological polar surface area (TPSA) is 52.0 Å². The molecule has 0 aliphatic rings. The van der Waals surface area contributed by atoms with E-state index in [-0.39, 0.29) is 0 Å². The van der Waals surface area contributed by atoms with Crippen LogP contribution in [0.15, 0.2) is 84.9 Å². The minimum atomic E-state index is 0.894. The Morgan fingerprint density at radius 3 is 0.927 bits per heavy atom. The molecule has 0 aromatic heterocycles. The molecule has 4 aromatic carbocycles. The van der Waals surface area contributed by atoms with Gasteiger partial charge in [-0.05, 0) is 133 Å². The Morgan fingerprint density at radius 2 is 0.582 bits per heavy atom. The molecule has 0 saturated heterocycles. The van der Waals surface area contributed by atoms with E-state index in [2.05, 4.69) is 98.8 Å². The van der Waals surface area contributed by atoms with Gasteiger partial charge in [0.15, 0.2) is 0 Å². The van der Waals surface area contributed by atoms with Crippen LogP contribution in [0.4, 0.5) is 11.4 Å². The molecule has 0 saturated carbocycles. The number of anilines is 2. The van der Waals surface area contributed by atoms with E-state index in [1.165, 1.54) is 192 Å². The van der Waals surface area contributed by atoms with Crippen molar-refractivity contribution in [3.8, 4) is 0 Å². The molecule has 2 nitrogen and oxygen atoms in total. The van der Waals surface area contributed by atoms with Crippen LogP contribution in [0.5, 0.6) is 0 Å². The first-order valence-electron chi connectivity index (χ1n) is 22.9. The summed E-state index contributed by atoms with van der Waals surface area (Å²) < 4.78 is 0. The molecule has 0 heterocycles. The fourth-order valence-electron chi connectivity index (χ4n) is 8.28. The van der Waals surface area contributed by atoms with Crippen molar-refractivity contribution in [2.75, 3.05) is 11.5 Å². The van der Waals surface area contributed by atoms with E-state index in [1.807, 2.05) is 0 Å². The van der Waals surface area contributed by atoms with E-state index in [9.17, 15) is 0 Å². The molecule has 4 rings (SSSR count). The molecule has 0 spiro atoms. The maximum Gasteiger partial charge on any atom is 0.0316 e. The van der Waals surface area contributed by atoms with Crippen molar-refractivity contribution < 1.29 is 0 Å². The number of hydrogen-bond acceptors (Lipinski definition) is 2. The van der Waals surface area contributed by atoms with Gasteiger partial charge in [-0.1, -0.05) is 184 Å². The third-order valence-corrected chi connectivity index (χ3v) is 11.8. The highest BCUT2D eigenvalue weighted by atomic mass is 14.5. The van der Waals surface area contributed by atoms with Crippen LogP contribution in [0, 0.1) is 0 Å². The normalized spacial score (nSPS) is 11.4. The van der Waals surface area contributed by atoms with Crippen molar-refractivity contribution in [3.63, 3.8) is 0 Å². The van der Waals surface area contributed by atoms with Crippen molar-refractivity contribution in [3.05, 3.63) is 129 Å². The highest BCUT2D eigenvalue weighted by Crippen LogP contribution is 2.23. The Balaban J connectivity index is 0.992. The van der Waals surface area contributed by atoms with E-state index >= 15 is 0 Å². The van der Waals surface area contributed by atoms with Gasteiger partial charge in [0.05, 0.1) is 0 Å². The molecule has 0 atom stereocenters. The van der Waals surface area contributed by atoms with Crippen molar-refractivity contribution >= 4 is 11.4 Å². The van der Waals surface area contributed by atoms with Crippen molar-refractivity contribution in [2.45, 2.75) is 187 Å². The second kappa shape index (κ2) is 27.1. The molecule has 0 bridgehead atoms. The summed E-state index contributed by atoms with van der Waals surface area (Å²) in [7, 11) is 0. The highest BCUT2D eigenvalue weighted by molar-refractivity contribution is 5.47. The highest BCUT2D eigenvalue weighted by Gasteiger charge is 2.08. The van der Waals surface area contributed by atoms with Crippen LogP contribution in [0.25, 0.3) is 0 Å². The standard InChI is InChI=1S/C53H78N2/c1-3-5-7-16-22-26-48-42-52(54)38-36-50(48)40-46-32-28-44(29-33-46)24-20-18-14-12-10-9-11-13-15-19-21-25-45-30-34-47(35-31-45)41-51-37-39-53(55)43-49(51)27-23-17-8-6-4-2/h28-39,42-43H,3-27,40-41,54-55H2,1-2H3. The Morgan fingerprint density at radius 1 is 0.291 bits per heavy atom. The number of hydrogen-bond donors (Lipinski definition) is 2. The molecule has 0 aliphatic heterocycles. The summed E-state index contributed by atoms with van der Waals surface area (Å²) >= 11 is 0. The lowest BCUT2D eigenvalue weighted by molar-refractivity contribution is 0.545. The van der Waals surface area contributed by atoms with Gasteiger partial charge in [-0.25, -0.2) is 0 Å². The maximum absolute atomic E-state index is 6.16. The molecule has 4 aromatic rings. The predicted molar refractivity (Wildman–Crippen MR) is 243 cm³/mol. The second-order valence-corrected chi connectivity index (χ2v) is 16.8. The number of rotatable bonds is 30. The lowest BCUT2D eigenvalue weighted by Gasteiger charge is -2.12. The van der Waals surface area contributed by atoms with Crippen molar-refractivity contribution in [1.29, 1.82) is 0 Å². The first-order valence-corrected chi connectivity index (χ1v) is 22.9. The minimum Gasteiger partial charge on any atom is -0.399 e. The fraction of sp³-hybridized carbons (Fsp3) is 0.547. The van der Waals surface area contributed by atoms with E-state index < -0.39 is 0 Å². The van der Waals surface area contributed by atoms with Gasteiger partial charge in [-0.2, -0.15) is 0 Å². The summed E-state index contributed by atoms with van der Waals surface area (Å²) in [6.45, 7) is 4.56. The van der Waals surface area contributed by atoms with Crippen LogP contribution in [-0.4, -0.2) is 0 Å². The third-order valence-electron chi connectivity index (χ3n) is 11.8. The van der Waals surface area contributed by atoms with Gasteiger partial charge in [-0.15, -0.1) is 0 Å². The summed E-state index contributed by atoms with van der Waals surface area (Å²) in [4.78, 5) is 0. The fourth-order valence-corrected chi connectivity index (χ4v) is 8.28. The molecule has 0 radical (unpaired) electrons. The molecule has 0 fully saturated rings. The summed E-state index contributed by atoms with van der Waals surface area (Å²) in [6, 6.07) is 31.9. The lowest BCUT2D eigenvalue weighted by Crippen LogP contribution is -1.99. The molecular weight excluding hydrogens is 665 g/mol. The van der Waals surface area contributed by atoms with E-state index in [4.69, 9.17) is 11.5 Å². The predicted octanol–water partition coefficient (Wildman–Crippen LogP) is 15.1. The van der Waals surface area contributed by atoms with Crippen LogP contribution in [0.2, 0.25) is 0 Å². The summed E-state index contributed by atoms with van der Waals surface area (Å²) in [5.74, 6) is 0. The quantitative estimate of drug-likeness (QED) is 0.0413. The van der Waals surface area contributed by atoms with Crippen molar-refractivity contribution in [2.24, 2.45) is 0 Å². The van der Waals surface area contributed by atoms with Crippen LogP contribution in [0.3, 0.4) is 0 Å². The average Bonchev–Trinajstić information content (AvgIpc) is 3.19. The van der Waals surface area contributed by atoms with Gasteiger partial charge < -0.3 is 11.5 Å². The van der Waals surface area contributed by atoms with E-state index in [0.717, 1.165) is 37.1 Å². The largest absolute Gasteiger partial charge is 0.399 e.